The third-order valence-corrected chi connectivity index (χ3v) is 2.66. The summed E-state index contributed by atoms with van der Waals surface area (Å²) in [6.07, 6.45) is 2.71. The number of aromatic nitrogens is 1. The van der Waals surface area contributed by atoms with Gasteiger partial charge in [-0.25, -0.2) is 0 Å². The Labute approximate surface area is 101 Å². The molecule has 0 bridgehead atoms. The maximum atomic E-state index is 11.6. The van der Waals surface area contributed by atoms with Gasteiger partial charge >= 0.3 is 0 Å². The number of carbonyl (C=O) groups excluding carboxylic acids is 1. The third-order valence-electron chi connectivity index (χ3n) is 2.66. The summed E-state index contributed by atoms with van der Waals surface area (Å²) in [5, 5.41) is 0. The van der Waals surface area contributed by atoms with Crippen molar-refractivity contribution in [3.63, 3.8) is 0 Å². The molecule has 0 aliphatic rings. The van der Waals surface area contributed by atoms with Crippen LogP contribution in [0.5, 0.6) is 0 Å². The van der Waals surface area contributed by atoms with Crippen LogP contribution >= 0.6 is 0 Å². The van der Waals surface area contributed by atoms with Crippen molar-refractivity contribution in [2.24, 2.45) is 0 Å². The summed E-state index contributed by atoms with van der Waals surface area (Å²) in [4.78, 5) is 24.5. The second-order valence-corrected chi connectivity index (χ2v) is 4.34. The second-order valence-electron chi connectivity index (χ2n) is 4.34. The van der Waals surface area contributed by atoms with E-state index in [4.69, 9.17) is 5.73 Å². The molecule has 0 unspecified atom stereocenters. The molecule has 17 heavy (non-hydrogen) atoms. The van der Waals surface area contributed by atoms with Crippen LogP contribution in [0.25, 0.3) is 0 Å². The molecule has 1 rings (SSSR count). The highest BCUT2D eigenvalue weighted by atomic mass is 16.2. The van der Waals surface area contributed by atoms with Crippen molar-refractivity contribution < 1.29 is 4.79 Å². The molecule has 94 valence electrons. The van der Waals surface area contributed by atoms with Gasteiger partial charge in [-0.3, -0.25) is 9.59 Å². The van der Waals surface area contributed by atoms with Gasteiger partial charge in [0.25, 0.3) is 5.56 Å². The number of carbonyl (C=O) groups is 1. The highest BCUT2D eigenvalue weighted by Gasteiger charge is 2.05. The molecular weight excluding hydrogens is 218 g/mol. The predicted molar refractivity (Wildman–Crippen MR) is 67.8 cm³/mol. The summed E-state index contributed by atoms with van der Waals surface area (Å²) in [6.45, 7) is 2.32. The van der Waals surface area contributed by atoms with Gasteiger partial charge in [0.2, 0.25) is 5.91 Å². The summed E-state index contributed by atoms with van der Waals surface area (Å²) in [6, 6.07) is 1.52. The van der Waals surface area contributed by atoms with Crippen molar-refractivity contribution in [1.29, 1.82) is 0 Å². The summed E-state index contributed by atoms with van der Waals surface area (Å²) >= 11 is 0. The predicted octanol–water partition coefficient (Wildman–Crippen LogP) is 0.607. The Hall–Kier alpha value is -1.78. The molecule has 0 saturated heterocycles. The highest BCUT2D eigenvalue weighted by molar-refractivity contribution is 5.75. The van der Waals surface area contributed by atoms with Crippen molar-refractivity contribution in [2.75, 3.05) is 19.8 Å². The molecule has 5 nitrogen and oxygen atoms in total. The van der Waals surface area contributed by atoms with Crippen molar-refractivity contribution in [3.05, 3.63) is 28.2 Å². The summed E-state index contributed by atoms with van der Waals surface area (Å²) in [5.74, 6) is 0.0677. The van der Waals surface area contributed by atoms with E-state index in [1.807, 2.05) is 0 Å². The fourth-order valence-corrected chi connectivity index (χ4v) is 1.48. The van der Waals surface area contributed by atoms with Gasteiger partial charge < -0.3 is 15.2 Å². The average molecular weight is 237 g/mol. The normalized spacial score (nSPS) is 10.3. The lowest BCUT2D eigenvalue weighted by molar-refractivity contribution is -0.128. The number of nitrogens with zero attached hydrogens (tertiary/aromatic N) is 2. The maximum Gasteiger partial charge on any atom is 0.250 e. The van der Waals surface area contributed by atoms with Crippen LogP contribution in [-0.4, -0.2) is 29.5 Å². The molecule has 1 heterocycles. The van der Waals surface area contributed by atoms with E-state index in [1.54, 1.807) is 36.7 Å². The molecule has 0 radical (unpaired) electrons. The van der Waals surface area contributed by atoms with E-state index in [0.29, 0.717) is 25.1 Å². The Morgan fingerprint density at radius 1 is 1.47 bits per heavy atom. The minimum atomic E-state index is -0.0750. The van der Waals surface area contributed by atoms with Gasteiger partial charge in [0.1, 0.15) is 0 Å². The fraction of sp³-hybridized carbons (Fsp3) is 0.500. The molecule has 0 fully saturated rings. The van der Waals surface area contributed by atoms with Crippen LogP contribution in [0, 0.1) is 6.92 Å². The van der Waals surface area contributed by atoms with Crippen LogP contribution in [0.1, 0.15) is 18.4 Å². The van der Waals surface area contributed by atoms with Crippen LogP contribution in [-0.2, 0) is 11.3 Å². The highest BCUT2D eigenvalue weighted by Crippen LogP contribution is 2.06. The monoisotopic (exact) mass is 237 g/mol. The van der Waals surface area contributed by atoms with Crippen LogP contribution in [0.4, 0.5) is 5.69 Å². The molecule has 1 aromatic rings. The Bertz CT molecular complexity index is 463. The minimum Gasteiger partial charge on any atom is -0.397 e. The van der Waals surface area contributed by atoms with E-state index < -0.39 is 0 Å². The molecule has 0 atom stereocenters. The third kappa shape index (κ3) is 3.62. The zero-order valence-corrected chi connectivity index (χ0v) is 10.6. The molecular formula is C12H19N3O2. The smallest absolute Gasteiger partial charge is 0.250 e. The molecule has 0 aliphatic heterocycles. The number of hydrogen-bond donors (Lipinski definition) is 1. The molecule has 1 amide bonds. The number of rotatable bonds is 4. The summed E-state index contributed by atoms with van der Waals surface area (Å²) in [5.41, 5.74) is 7.05. The van der Waals surface area contributed by atoms with Gasteiger partial charge in [-0.1, -0.05) is 0 Å². The number of aryl methyl sites for hydroxylation is 2. The number of anilines is 1. The lowest BCUT2D eigenvalue weighted by atomic mass is 10.2. The minimum absolute atomic E-state index is 0.0677. The van der Waals surface area contributed by atoms with Gasteiger partial charge in [-0.2, -0.15) is 0 Å². The van der Waals surface area contributed by atoms with E-state index in [9.17, 15) is 9.59 Å². The van der Waals surface area contributed by atoms with Crippen molar-refractivity contribution in [3.8, 4) is 0 Å². The summed E-state index contributed by atoms with van der Waals surface area (Å²) < 4.78 is 1.55. The SMILES string of the molecule is Cc1cc(=O)n(CCCC(=O)N(C)C)cc1N. The van der Waals surface area contributed by atoms with Gasteiger partial charge in [-0.15, -0.1) is 0 Å². The van der Waals surface area contributed by atoms with Crippen molar-refractivity contribution >= 4 is 11.6 Å². The second kappa shape index (κ2) is 5.52. The topological polar surface area (TPSA) is 68.3 Å². The molecule has 2 N–H and O–H groups in total. The maximum absolute atomic E-state index is 11.6. The lowest BCUT2D eigenvalue weighted by Gasteiger charge is -2.11. The van der Waals surface area contributed by atoms with Crippen LogP contribution < -0.4 is 11.3 Å². The van der Waals surface area contributed by atoms with Gasteiger partial charge in [0, 0.05) is 39.3 Å². The number of nitrogen functional groups attached to an aromatic ring is 1. The zero-order chi connectivity index (χ0) is 13.0. The van der Waals surface area contributed by atoms with Gasteiger partial charge in [0.15, 0.2) is 0 Å². The Morgan fingerprint density at radius 3 is 2.71 bits per heavy atom. The zero-order valence-electron chi connectivity index (χ0n) is 10.6. The first-order valence-electron chi connectivity index (χ1n) is 5.58. The Morgan fingerprint density at radius 2 is 2.12 bits per heavy atom. The van der Waals surface area contributed by atoms with Crippen molar-refractivity contribution in [1.82, 2.24) is 9.47 Å². The number of hydrogen-bond acceptors (Lipinski definition) is 3. The molecule has 0 spiro atoms. The first-order chi connectivity index (χ1) is 7.91. The number of amides is 1. The first-order valence-corrected chi connectivity index (χ1v) is 5.58. The molecule has 0 saturated carbocycles. The Kier molecular flexibility index (Phi) is 4.31. The van der Waals surface area contributed by atoms with Crippen LogP contribution in [0.2, 0.25) is 0 Å². The van der Waals surface area contributed by atoms with E-state index in [1.165, 1.54) is 6.07 Å². The first kappa shape index (κ1) is 13.3. The number of nitrogens with two attached hydrogens (primary N) is 1. The Balaban J connectivity index is 2.62. The lowest BCUT2D eigenvalue weighted by Crippen LogP contribution is -2.24. The standard InChI is InChI=1S/C12H19N3O2/c1-9-7-12(17)15(8-10(9)13)6-4-5-11(16)14(2)3/h7-8H,4-6,13H2,1-3H3. The van der Waals surface area contributed by atoms with Gasteiger partial charge in [0.05, 0.1) is 5.69 Å². The van der Waals surface area contributed by atoms with E-state index >= 15 is 0 Å². The van der Waals surface area contributed by atoms with Crippen LogP contribution in [0.3, 0.4) is 0 Å². The summed E-state index contributed by atoms with van der Waals surface area (Å²) in [7, 11) is 3.44. The largest absolute Gasteiger partial charge is 0.397 e. The average Bonchev–Trinajstić information content (AvgIpc) is 2.25. The molecule has 0 aliphatic carbocycles. The molecule has 0 aromatic carbocycles. The van der Waals surface area contributed by atoms with Crippen molar-refractivity contribution in [2.45, 2.75) is 26.3 Å². The van der Waals surface area contributed by atoms with E-state index in [0.717, 1.165) is 5.56 Å². The van der Waals surface area contributed by atoms with Crippen LogP contribution in [0.15, 0.2) is 17.1 Å². The number of pyridine rings is 1. The van der Waals surface area contributed by atoms with E-state index in [-0.39, 0.29) is 11.5 Å². The molecule has 5 heteroatoms. The molecule has 1 aromatic heterocycles. The van der Waals surface area contributed by atoms with Gasteiger partial charge in [-0.05, 0) is 18.9 Å². The quantitative estimate of drug-likeness (QED) is 0.834. The fourth-order valence-electron chi connectivity index (χ4n) is 1.48. The van der Waals surface area contributed by atoms with E-state index in [2.05, 4.69) is 0 Å².